The van der Waals surface area contributed by atoms with Gasteiger partial charge in [0.05, 0.1) is 6.20 Å². The normalized spacial score (nSPS) is 10.7. The monoisotopic (exact) mass is 252 g/mol. The minimum Gasteiger partial charge on any atom is -0.310 e. The Morgan fingerprint density at radius 2 is 2.24 bits per heavy atom. The van der Waals surface area contributed by atoms with E-state index in [9.17, 15) is 4.39 Å². The molecule has 1 N–H and O–H groups in total. The molecule has 0 unspecified atom stereocenters. The van der Waals surface area contributed by atoms with Gasteiger partial charge in [-0.1, -0.05) is 18.3 Å². The van der Waals surface area contributed by atoms with Crippen LogP contribution in [0.5, 0.6) is 0 Å². The lowest BCUT2D eigenvalue weighted by molar-refractivity contribution is 0.622. The molecule has 17 heavy (non-hydrogen) atoms. The molecule has 0 radical (unpaired) electrons. The third kappa shape index (κ3) is 3.28. The summed E-state index contributed by atoms with van der Waals surface area (Å²) in [6.07, 6.45) is 2.27. The SMILES string of the molecule is CCCNCc1nnc(-c2ccc(F)cn2)s1. The van der Waals surface area contributed by atoms with E-state index in [0.717, 1.165) is 23.0 Å². The maximum absolute atomic E-state index is 12.7. The maximum atomic E-state index is 12.7. The van der Waals surface area contributed by atoms with Crippen LogP contribution >= 0.6 is 11.3 Å². The molecule has 0 atom stereocenters. The lowest BCUT2D eigenvalue weighted by atomic mass is 10.4. The van der Waals surface area contributed by atoms with E-state index in [2.05, 4.69) is 27.4 Å². The molecule has 0 fully saturated rings. The summed E-state index contributed by atoms with van der Waals surface area (Å²) in [7, 11) is 0. The molecule has 2 heterocycles. The summed E-state index contributed by atoms with van der Waals surface area (Å²) in [5, 5.41) is 13.0. The van der Waals surface area contributed by atoms with Gasteiger partial charge >= 0.3 is 0 Å². The van der Waals surface area contributed by atoms with Crippen molar-refractivity contribution in [3.63, 3.8) is 0 Å². The maximum Gasteiger partial charge on any atom is 0.166 e. The van der Waals surface area contributed by atoms with Crippen LogP contribution in [-0.2, 0) is 6.54 Å². The largest absolute Gasteiger partial charge is 0.310 e. The summed E-state index contributed by atoms with van der Waals surface area (Å²) in [6, 6.07) is 2.98. The van der Waals surface area contributed by atoms with Gasteiger partial charge in [0, 0.05) is 6.54 Å². The van der Waals surface area contributed by atoms with Crippen molar-refractivity contribution in [3.05, 3.63) is 29.2 Å². The van der Waals surface area contributed by atoms with Gasteiger partial charge in [0.1, 0.15) is 16.5 Å². The van der Waals surface area contributed by atoms with Crippen LogP contribution < -0.4 is 5.32 Å². The Bertz CT molecular complexity index is 469. The first kappa shape index (κ1) is 12.1. The quantitative estimate of drug-likeness (QED) is 0.829. The summed E-state index contributed by atoms with van der Waals surface area (Å²) in [4.78, 5) is 3.97. The fraction of sp³-hybridized carbons (Fsp3) is 0.364. The van der Waals surface area contributed by atoms with Crippen molar-refractivity contribution in [1.82, 2.24) is 20.5 Å². The van der Waals surface area contributed by atoms with Crippen LogP contribution in [0.2, 0.25) is 0 Å². The van der Waals surface area contributed by atoms with Crippen molar-refractivity contribution in [1.29, 1.82) is 0 Å². The van der Waals surface area contributed by atoms with Crippen LogP contribution in [-0.4, -0.2) is 21.7 Å². The van der Waals surface area contributed by atoms with E-state index in [-0.39, 0.29) is 5.82 Å². The highest BCUT2D eigenvalue weighted by Gasteiger charge is 2.07. The van der Waals surface area contributed by atoms with Crippen molar-refractivity contribution < 1.29 is 4.39 Å². The molecule has 2 rings (SSSR count). The molecule has 2 aromatic heterocycles. The molecule has 0 saturated heterocycles. The molecule has 0 aliphatic rings. The third-order valence-electron chi connectivity index (χ3n) is 2.12. The average molecular weight is 252 g/mol. The Hall–Kier alpha value is -1.40. The molecule has 0 aliphatic heterocycles. The van der Waals surface area contributed by atoms with Gasteiger partial charge in [0.2, 0.25) is 0 Å². The first-order valence-corrected chi connectivity index (χ1v) is 6.26. The number of hydrogen-bond donors (Lipinski definition) is 1. The number of halogens is 1. The zero-order valence-electron chi connectivity index (χ0n) is 9.48. The Labute approximate surface area is 103 Å². The van der Waals surface area contributed by atoms with E-state index in [1.54, 1.807) is 6.07 Å². The zero-order chi connectivity index (χ0) is 12.1. The van der Waals surface area contributed by atoms with Gasteiger partial charge in [-0.25, -0.2) is 4.39 Å². The highest BCUT2D eigenvalue weighted by Crippen LogP contribution is 2.21. The summed E-state index contributed by atoms with van der Waals surface area (Å²) in [6.45, 7) is 3.79. The van der Waals surface area contributed by atoms with Crippen molar-refractivity contribution in [2.24, 2.45) is 0 Å². The van der Waals surface area contributed by atoms with Gasteiger partial charge in [-0.05, 0) is 25.1 Å². The number of nitrogens with one attached hydrogen (secondary N) is 1. The Kier molecular flexibility index (Phi) is 4.11. The van der Waals surface area contributed by atoms with Crippen LogP contribution in [0.15, 0.2) is 18.3 Å². The van der Waals surface area contributed by atoms with E-state index in [0.29, 0.717) is 12.2 Å². The first-order chi connectivity index (χ1) is 8.29. The molecule has 0 aromatic carbocycles. The van der Waals surface area contributed by atoms with Crippen LogP contribution in [0.3, 0.4) is 0 Å². The van der Waals surface area contributed by atoms with Crippen molar-refractivity contribution in [2.75, 3.05) is 6.54 Å². The molecule has 0 amide bonds. The third-order valence-corrected chi connectivity index (χ3v) is 3.06. The Morgan fingerprint density at radius 1 is 1.35 bits per heavy atom. The van der Waals surface area contributed by atoms with Crippen molar-refractivity contribution in [3.8, 4) is 10.7 Å². The van der Waals surface area contributed by atoms with Gasteiger partial charge in [-0.2, -0.15) is 0 Å². The van der Waals surface area contributed by atoms with Gasteiger partial charge in [-0.3, -0.25) is 4.98 Å². The number of pyridine rings is 1. The van der Waals surface area contributed by atoms with Gasteiger partial charge in [0.25, 0.3) is 0 Å². The molecule has 0 saturated carbocycles. The summed E-state index contributed by atoms with van der Waals surface area (Å²) in [5.41, 5.74) is 0.658. The summed E-state index contributed by atoms with van der Waals surface area (Å²) in [5.74, 6) is -0.344. The van der Waals surface area contributed by atoms with Crippen LogP contribution in [0, 0.1) is 5.82 Å². The molecule has 6 heteroatoms. The van der Waals surface area contributed by atoms with Crippen LogP contribution in [0.1, 0.15) is 18.4 Å². The standard InChI is InChI=1S/C11H13FN4S/c1-2-5-13-7-10-15-16-11(17-10)9-4-3-8(12)6-14-9/h3-4,6,13H,2,5,7H2,1H3. The molecule has 0 bridgehead atoms. The summed E-state index contributed by atoms with van der Waals surface area (Å²) < 4.78 is 12.7. The van der Waals surface area contributed by atoms with Gasteiger partial charge < -0.3 is 5.32 Å². The van der Waals surface area contributed by atoms with Crippen LogP contribution in [0.25, 0.3) is 10.7 Å². The van der Waals surface area contributed by atoms with E-state index in [4.69, 9.17) is 0 Å². The highest BCUT2D eigenvalue weighted by molar-refractivity contribution is 7.14. The van der Waals surface area contributed by atoms with Crippen molar-refractivity contribution in [2.45, 2.75) is 19.9 Å². The molecule has 0 aliphatic carbocycles. The second kappa shape index (κ2) is 5.79. The fourth-order valence-corrected chi connectivity index (χ4v) is 2.09. The van der Waals surface area contributed by atoms with Crippen molar-refractivity contribution >= 4 is 11.3 Å². The molecular weight excluding hydrogens is 239 g/mol. The smallest absolute Gasteiger partial charge is 0.166 e. The molecule has 0 spiro atoms. The molecule has 2 aromatic rings. The first-order valence-electron chi connectivity index (χ1n) is 5.44. The van der Waals surface area contributed by atoms with E-state index >= 15 is 0 Å². The molecular formula is C11H13FN4S. The predicted octanol–water partition coefficient (Wildman–Crippen LogP) is 2.24. The number of hydrogen-bond acceptors (Lipinski definition) is 5. The molecule has 90 valence electrons. The zero-order valence-corrected chi connectivity index (χ0v) is 10.3. The minimum atomic E-state index is -0.344. The minimum absolute atomic E-state index is 0.344. The molecule has 4 nitrogen and oxygen atoms in total. The average Bonchev–Trinajstić information content (AvgIpc) is 2.79. The predicted molar refractivity (Wildman–Crippen MR) is 65.1 cm³/mol. The lowest BCUT2D eigenvalue weighted by Crippen LogP contribution is -2.13. The van der Waals surface area contributed by atoms with E-state index in [1.807, 2.05) is 0 Å². The highest BCUT2D eigenvalue weighted by atomic mass is 32.1. The summed E-state index contributed by atoms with van der Waals surface area (Å²) >= 11 is 1.47. The second-order valence-electron chi connectivity index (χ2n) is 3.54. The second-order valence-corrected chi connectivity index (χ2v) is 4.60. The van der Waals surface area contributed by atoms with Gasteiger partial charge in [-0.15, -0.1) is 10.2 Å². The number of aromatic nitrogens is 3. The number of nitrogens with zero attached hydrogens (tertiary/aromatic N) is 3. The Balaban J connectivity index is 2.04. The van der Waals surface area contributed by atoms with Gasteiger partial charge in [0.15, 0.2) is 5.01 Å². The van der Waals surface area contributed by atoms with E-state index in [1.165, 1.54) is 23.6 Å². The Morgan fingerprint density at radius 3 is 2.94 bits per heavy atom. The van der Waals surface area contributed by atoms with Crippen LogP contribution in [0.4, 0.5) is 4.39 Å². The van der Waals surface area contributed by atoms with E-state index < -0.39 is 0 Å². The lowest BCUT2D eigenvalue weighted by Gasteiger charge is -1.96. The topological polar surface area (TPSA) is 50.7 Å². The number of rotatable bonds is 5. The fourth-order valence-electron chi connectivity index (χ4n) is 1.30.